The highest BCUT2D eigenvalue weighted by atomic mass is 16.5. The number of hydrogen-bond acceptors (Lipinski definition) is 3. The maximum atomic E-state index is 12.2. The molecule has 0 aromatic heterocycles. The first-order valence-corrected chi connectivity index (χ1v) is 15.5. The molecule has 35 heavy (non-hydrogen) atoms. The molecule has 0 aliphatic rings. The summed E-state index contributed by atoms with van der Waals surface area (Å²) < 4.78 is 5.70. The Balaban J connectivity index is 3.43. The first kappa shape index (κ1) is 33.9. The van der Waals surface area contributed by atoms with Gasteiger partial charge in [0.1, 0.15) is 6.10 Å². The predicted molar refractivity (Wildman–Crippen MR) is 149 cm³/mol. The number of unbranched alkanes of at least 4 members (excludes halogenated alkanes) is 19. The number of carbonyl (C=O) groups excluding carboxylic acids is 1. The SMILES string of the molecule is CCCCCCCCCCCCCCCCCCCCC(=O)OC(CCC)CCCCCC(=O)O. The number of carbonyl (C=O) groups is 2. The van der Waals surface area contributed by atoms with Gasteiger partial charge in [0.15, 0.2) is 0 Å². The Morgan fingerprint density at radius 2 is 0.914 bits per heavy atom. The fraction of sp³-hybridized carbons (Fsp3) is 0.935. The van der Waals surface area contributed by atoms with Crippen LogP contribution in [0.25, 0.3) is 0 Å². The van der Waals surface area contributed by atoms with Gasteiger partial charge in [0.25, 0.3) is 0 Å². The van der Waals surface area contributed by atoms with E-state index in [2.05, 4.69) is 13.8 Å². The number of aliphatic carboxylic acids is 1. The Bertz CT molecular complexity index is 463. The molecule has 0 rings (SSSR count). The van der Waals surface area contributed by atoms with Gasteiger partial charge in [0, 0.05) is 12.8 Å². The molecule has 0 amide bonds. The molecule has 0 saturated heterocycles. The quantitative estimate of drug-likeness (QED) is 0.0864. The Labute approximate surface area is 218 Å². The highest BCUT2D eigenvalue weighted by Gasteiger charge is 2.13. The van der Waals surface area contributed by atoms with Crippen LogP contribution in [0.2, 0.25) is 0 Å². The van der Waals surface area contributed by atoms with Gasteiger partial charge in [-0.25, -0.2) is 0 Å². The molecule has 0 aromatic rings. The van der Waals surface area contributed by atoms with Gasteiger partial charge in [-0.15, -0.1) is 0 Å². The van der Waals surface area contributed by atoms with E-state index in [0.29, 0.717) is 12.8 Å². The topological polar surface area (TPSA) is 63.6 Å². The average Bonchev–Trinajstić information content (AvgIpc) is 2.83. The van der Waals surface area contributed by atoms with Crippen LogP contribution < -0.4 is 0 Å². The largest absolute Gasteiger partial charge is 0.481 e. The average molecular weight is 497 g/mol. The van der Waals surface area contributed by atoms with E-state index in [1.54, 1.807) is 0 Å². The highest BCUT2D eigenvalue weighted by Crippen LogP contribution is 2.17. The molecule has 0 heterocycles. The smallest absolute Gasteiger partial charge is 0.306 e. The minimum absolute atomic E-state index is 0.00729. The van der Waals surface area contributed by atoms with Gasteiger partial charge < -0.3 is 9.84 Å². The lowest BCUT2D eigenvalue weighted by Crippen LogP contribution is -2.18. The summed E-state index contributed by atoms with van der Waals surface area (Å²) in [5, 5.41) is 8.70. The van der Waals surface area contributed by atoms with Crippen LogP contribution in [0, 0.1) is 0 Å². The molecule has 208 valence electrons. The van der Waals surface area contributed by atoms with Crippen LogP contribution >= 0.6 is 0 Å². The minimum Gasteiger partial charge on any atom is -0.481 e. The Hall–Kier alpha value is -1.06. The summed E-state index contributed by atoms with van der Waals surface area (Å²) in [5.41, 5.74) is 0. The molecule has 0 saturated carbocycles. The number of carboxylic acid groups (broad SMARTS) is 1. The third kappa shape index (κ3) is 27.4. The summed E-state index contributed by atoms with van der Waals surface area (Å²) in [6.45, 7) is 4.40. The fourth-order valence-electron chi connectivity index (χ4n) is 4.82. The monoisotopic (exact) mass is 496 g/mol. The van der Waals surface area contributed by atoms with Crippen molar-refractivity contribution in [2.24, 2.45) is 0 Å². The second-order valence-corrected chi connectivity index (χ2v) is 10.7. The van der Waals surface area contributed by atoms with E-state index >= 15 is 0 Å². The standard InChI is InChI=1S/C31H60O4/c1-3-5-6-7-8-9-10-11-12-13-14-15-16-17-18-19-20-24-28-31(34)35-29(25-4-2)26-22-21-23-27-30(32)33/h29H,3-28H2,1-2H3,(H,32,33). The van der Waals surface area contributed by atoms with Crippen molar-refractivity contribution in [3.05, 3.63) is 0 Å². The maximum Gasteiger partial charge on any atom is 0.306 e. The lowest BCUT2D eigenvalue weighted by molar-refractivity contribution is -0.150. The highest BCUT2D eigenvalue weighted by molar-refractivity contribution is 5.69. The molecule has 1 unspecified atom stereocenters. The van der Waals surface area contributed by atoms with Crippen molar-refractivity contribution in [1.29, 1.82) is 0 Å². The molecule has 0 aliphatic carbocycles. The molecular weight excluding hydrogens is 436 g/mol. The molecule has 4 heteroatoms. The third-order valence-electron chi connectivity index (χ3n) is 7.06. The molecule has 1 atom stereocenters. The Morgan fingerprint density at radius 3 is 1.34 bits per heavy atom. The number of ether oxygens (including phenoxy) is 1. The van der Waals surface area contributed by atoms with Crippen molar-refractivity contribution in [1.82, 2.24) is 0 Å². The van der Waals surface area contributed by atoms with Gasteiger partial charge in [0.05, 0.1) is 0 Å². The molecule has 0 aromatic carbocycles. The van der Waals surface area contributed by atoms with Crippen molar-refractivity contribution < 1.29 is 19.4 Å². The predicted octanol–water partition coefficient (Wildman–Crippen LogP) is 10.2. The molecule has 4 nitrogen and oxygen atoms in total. The van der Waals surface area contributed by atoms with E-state index in [4.69, 9.17) is 9.84 Å². The molecule has 0 aliphatic heterocycles. The Kier molecular flexibility index (Phi) is 26.7. The van der Waals surface area contributed by atoms with Gasteiger partial charge in [-0.1, -0.05) is 136 Å². The van der Waals surface area contributed by atoms with Crippen molar-refractivity contribution in [3.8, 4) is 0 Å². The maximum absolute atomic E-state index is 12.2. The molecule has 0 spiro atoms. The van der Waals surface area contributed by atoms with E-state index < -0.39 is 5.97 Å². The van der Waals surface area contributed by atoms with E-state index in [9.17, 15) is 9.59 Å². The summed E-state index contributed by atoms with van der Waals surface area (Å²) in [4.78, 5) is 22.8. The normalized spacial score (nSPS) is 12.1. The molecule has 0 radical (unpaired) electrons. The van der Waals surface area contributed by atoms with Gasteiger partial charge in [-0.2, -0.15) is 0 Å². The minimum atomic E-state index is -0.731. The lowest BCUT2D eigenvalue weighted by Gasteiger charge is -2.17. The second kappa shape index (κ2) is 27.5. The summed E-state index contributed by atoms with van der Waals surface area (Å²) >= 11 is 0. The second-order valence-electron chi connectivity index (χ2n) is 10.7. The zero-order valence-electron chi connectivity index (χ0n) is 23.6. The fourth-order valence-corrected chi connectivity index (χ4v) is 4.82. The molecular formula is C31H60O4. The van der Waals surface area contributed by atoms with Crippen LogP contribution in [0.1, 0.15) is 181 Å². The summed E-state index contributed by atoms with van der Waals surface area (Å²) in [6, 6.07) is 0. The van der Waals surface area contributed by atoms with E-state index in [1.807, 2.05) is 0 Å². The van der Waals surface area contributed by atoms with Gasteiger partial charge in [-0.3, -0.25) is 9.59 Å². The first-order chi connectivity index (χ1) is 17.1. The molecule has 0 fully saturated rings. The first-order valence-electron chi connectivity index (χ1n) is 15.5. The zero-order valence-corrected chi connectivity index (χ0v) is 23.6. The van der Waals surface area contributed by atoms with Crippen LogP contribution in [-0.4, -0.2) is 23.1 Å². The van der Waals surface area contributed by atoms with Crippen LogP contribution in [0.4, 0.5) is 0 Å². The van der Waals surface area contributed by atoms with Crippen LogP contribution in [-0.2, 0) is 14.3 Å². The van der Waals surface area contributed by atoms with Gasteiger partial charge >= 0.3 is 11.9 Å². The van der Waals surface area contributed by atoms with Crippen molar-refractivity contribution in [3.63, 3.8) is 0 Å². The van der Waals surface area contributed by atoms with E-state index in [0.717, 1.165) is 44.9 Å². The number of hydrogen-bond donors (Lipinski definition) is 1. The van der Waals surface area contributed by atoms with Gasteiger partial charge in [0.2, 0.25) is 0 Å². The van der Waals surface area contributed by atoms with Crippen molar-refractivity contribution >= 4 is 11.9 Å². The summed E-state index contributed by atoms with van der Waals surface area (Å²) in [6.07, 6.45) is 30.4. The molecule has 0 bridgehead atoms. The Morgan fingerprint density at radius 1 is 0.514 bits per heavy atom. The summed E-state index contributed by atoms with van der Waals surface area (Å²) in [7, 11) is 0. The van der Waals surface area contributed by atoms with E-state index in [1.165, 1.54) is 103 Å². The zero-order chi connectivity index (χ0) is 25.8. The molecule has 1 N–H and O–H groups in total. The third-order valence-corrected chi connectivity index (χ3v) is 7.06. The summed E-state index contributed by atoms with van der Waals surface area (Å²) in [5.74, 6) is -0.781. The number of carboxylic acids is 1. The van der Waals surface area contributed by atoms with Crippen LogP contribution in [0.3, 0.4) is 0 Å². The lowest BCUT2D eigenvalue weighted by atomic mass is 10.0. The van der Waals surface area contributed by atoms with Crippen LogP contribution in [0.15, 0.2) is 0 Å². The van der Waals surface area contributed by atoms with Crippen molar-refractivity contribution in [2.45, 2.75) is 187 Å². The van der Waals surface area contributed by atoms with Crippen LogP contribution in [0.5, 0.6) is 0 Å². The van der Waals surface area contributed by atoms with E-state index in [-0.39, 0.29) is 18.5 Å². The van der Waals surface area contributed by atoms with Crippen molar-refractivity contribution in [2.75, 3.05) is 0 Å². The number of esters is 1. The number of rotatable bonds is 28. The van der Waals surface area contributed by atoms with Gasteiger partial charge in [-0.05, 0) is 32.1 Å².